The Morgan fingerprint density at radius 2 is 1.78 bits per heavy atom. The summed E-state index contributed by atoms with van der Waals surface area (Å²) in [7, 11) is 3.22. The predicted octanol–water partition coefficient (Wildman–Crippen LogP) is 6.07. The van der Waals surface area contributed by atoms with Crippen LogP contribution < -0.4 is 20.1 Å². The van der Waals surface area contributed by atoms with E-state index in [2.05, 4.69) is 10.6 Å². The van der Waals surface area contributed by atoms with Crippen LogP contribution in [0.2, 0.25) is 0 Å². The van der Waals surface area contributed by atoms with E-state index in [9.17, 15) is 9.59 Å². The minimum absolute atomic E-state index is 0.00294. The second-order valence-electron chi connectivity index (χ2n) is 9.46. The topological polar surface area (TPSA) is 76.7 Å². The van der Waals surface area contributed by atoms with Crippen LogP contribution in [0.3, 0.4) is 0 Å². The molecule has 2 unspecified atom stereocenters. The quantitative estimate of drug-likeness (QED) is 0.417. The van der Waals surface area contributed by atoms with Crippen LogP contribution >= 0.6 is 11.3 Å². The number of para-hydroxylation sites is 1. The molecule has 0 radical (unpaired) electrons. The molecule has 2 aromatic carbocycles. The molecular formula is C30H30N2O4S. The first-order chi connectivity index (χ1) is 17.9. The van der Waals surface area contributed by atoms with Crippen molar-refractivity contribution in [2.24, 2.45) is 0 Å². The normalized spacial score (nSPS) is 19.3. The number of aryl methyl sites for hydroxylation is 1. The van der Waals surface area contributed by atoms with Crippen molar-refractivity contribution < 1.29 is 19.1 Å². The molecule has 6 nitrogen and oxygen atoms in total. The first-order valence-corrected chi connectivity index (χ1v) is 13.2. The van der Waals surface area contributed by atoms with Crippen LogP contribution in [0.25, 0.3) is 0 Å². The molecule has 0 saturated heterocycles. The zero-order valence-corrected chi connectivity index (χ0v) is 22.2. The summed E-state index contributed by atoms with van der Waals surface area (Å²) in [6.45, 7) is 3.88. The first kappa shape index (κ1) is 24.8. The number of carbonyl (C=O) groups is 2. The summed E-state index contributed by atoms with van der Waals surface area (Å²) < 4.78 is 10.9. The highest BCUT2D eigenvalue weighted by Gasteiger charge is 2.41. The van der Waals surface area contributed by atoms with Crippen LogP contribution in [-0.4, -0.2) is 25.9 Å². The molecule has 1 amide bonds. The zero-order valence-electron chi connectivity index (χ0n) is 21.4. The number of hydrogen-bond acceptors (Lipinski definition) is 6. The van der Waals surface area contributed by atoms with Crippen molar-refractivity contribution in [1.29, 1.82) is 0 Å². The fourth-order valence-corrected chi connectivity index (χ4v) is 6.04. The van der Waals surface area contributed by atoms with Gasteiger partial charge in [0.2, 0.25) is 0 Å². The molecule has 1 aromatic heterocycles. The van der Waals surface area contributed by atoms with Gasteiger partial charge in [-0.1, -0.05) is 24.3 Å². The highest BCUT2D eigenvalue weighted by Crippen LogP contribution is 2.46. The molecule has 5 rings (SSSR count). The number of rotatable bonds is 6. The molecule has 3 aromatic rings. The highest BCUT2D eigenvalue weighted by molar-refractivity contribution is 7.08. The minimum Gasteiger partial charge on any atom is -0.493 e. The van der Waals surface area contributed by atoms with Gasteiger partial charge in [-0.15, -0.1) is 0 Å². The third kappa shape index (κ3) is 4.67. The van der Waals surface area contributed by atoms with Gasteiger partial charge in [-0.2, -0.15) is 11.3 Å². The molecule has 0 fully saturated rings. The Morgan fingerprint density at radius 1 is 1.00 bits per heavy atom. The Labute approximate surface area is 221 Å². The number of hydrogen-bond donors (Lipinski definition) is 2. The summed E-state index contributed by atoms with van der Waals surface area (Å²) in [4.78, 5) is 27.4. The van der Waals surface area contributed by atoms with Crippen molar-refractivity contribution in [1.82, 2.24) is 5.32 Å². The smallest absolute Gasteiger partial charge is 0.254 e. The summed E-state index contributed by atoms with van der Waals surface area (Å²) in [5, 5.41) is 10.5. The number of Topliss-reactive ketones (excluding diaryl/α,β-unsaturated/α-hetero) is 1. The Morgan fingerprint density at radius 3 is 2.49 bits per heavy atom. The number of thiophene rings is 1. The lowest BCUT2D eigenvalue weighted by molar-refractivity contribution is -0.116. The highest BCUT2D eigenvalue weighted by atomic mass is 32.1. The van der Waals surface area contributed by atoms with E-state index >= 15 is 0 Å². The van der Waals surface area contributed by atoms with E-state index < -0.39 is 5.92 Å². The zero-order chi connectivity index (χ0) is 26.1. The summed E-state index contributed by atoms with van der Waals surface area (Å²) in [5.41, 5.74) is 6.66. The largest absolute Gasteiger partial charge is 0.493 e. The van der Waals surface area contributed by atoms with Crippen LogP contribution in [0, 0.1) is 6.92 Å². The van der Waals surface area contributed by atoms with E-state index in [1.165, 1.54) is 0 Å². The molecule has 7 heteroatoms. The average molecular weight is 515 g/mol. The van der Waals surface area contributed by atoms with Crippen molar-refractivity contribution in [3.05, 3.63) is 98.5 Å². The van der Waals surface area contributed by atoms with Gasteiger partial charge in [-0.25, -0.2) is 0 Å². The van der Waals surface area contributed by atoms with Crippen LogP contribution in [0.5, 0.6) is 11.5 Å². The third-order valence-corrected chi connectivity index (χ3v) is 7.92. The molecule has 2 N–H and O–H groups in total. The summed E-state index contributed by atoms with van der Waals surface area (Å²) >= 11 is 1.57. The minimum atomic E-state index is -0.412. The van der Waals surface area contributed by atoms with E-state index in [4.69, 9.17) is 9.47 Å². The van der Waals surface area contributed by atoms with Crippen LogP contribution in [0.15, 0.2) is 81.8 Å². The molecule has 2 heterocycles. The van der Waals surface area contributed by atoms with Crippen molar-refractivity contribution in [3.8, 4) is 11.5 Å². The van der Waals surface area contributed by atoms with E-state index in [0.717, 1.165) is 33.8 Å². The lowest BCUT2D eigenvalue weighted by atomic mass is 9.72. The molecule has 0 bridgehead atoms. The molecule has 2 aliphatic rings. The van der Waals surface area contributed by atoms with Gasteiger partial charge in [0.1, 0.15) is 0 Å². The maximum Gasteiger partial charge on any atom is 0.254 e. The van der Waals surface area contributed by atoms with Crippen LogP contribution in [0.4, 0.5) is 5.69 Å². The Balaban J connectivity index is 1.51. The van der Waals surface area contributed by atoms with E-state index in [1.54, 1.807) is 25.6 Å². The van der Waals surface area contributed by atoms with Crippen LogP contribution in [0.1, 0.15) is 48.3 Å². The maximum absolute atomic E-state index is 13.8. The number of carbonyl (C=O) groups excluding carboxylic acids is 2. The molecule has 1 aliphatic carbocycles. The van der Waals surface area contributed by atoms with Gasteiger partial charge in [-0.3, -0.25) is 9.59 Å². The van der Waals surface area contributed by atoms with Gasteiger partial charge in [0, 0.05) is 40.6 Å². The molecular weight excluding hydrogens is 484 g/mol. The number of ether oxygens (including phenoxy) is 2. The fourth-order valence-electron chi connectivity index (χ4n) is 5.36. The maximum atomic E-state index is 13.8. The van der Waals surface area contributed by atoms with E-state index in [0.29, 0.717) is 35.5 Å². The molecule has 0 saturated carbocycles. The summed E-state index contributed by atoms with van der Waals surface area (Å²) in [5.74, 6) is 0.744. The predicted molar refractivity (Wildman–Crippen MR) is 146 cm³/mol. The van der Waals surface area contributed by atoms with Gasteiger partial charge in [0.25, 0.3) is 5.91 Å². The SMILES string of the molecule is COc1ccc(C2CC(=O)C3=C(C2)NC(C)=C(C(=O)Nc2ccccc2C)C3c2ccsc2)cc1OC. The number of benzene rings is 2. The number of methoxy groups -OCH3 is 2. The number of allylic oxidation sites excluding steroid dienone is 3. The second kappa shape index (κ2) is 10.3. The van der Waals surface area contributed by atoms with Gasteiger partial charge < -0.3 is 20.1 Å². The van der Waals surface area contributed by atoms with Crippen molar-refractivity contribution in [2.75, 3.05) is 19.5 Å². The Hall–Kier alpha value is -3.84. The molecule has 2 atom stereocenters. The number of dihydropyridines is 1. The Kier molecular flexibility index (Phi) is 6.89. The lowest BCUT2D eigenvalue weighted by Gasteiger charge is -2.36. The molecule has 1 aliphatic heterocycles. The molecule has 0 spiro atoms. The monoisotopic (exact) mass is 514 g/mol. The summed E-state index contributed by atoms with van der Waals surface area (Å²) in [6.07, 6.45) is 1.03. The third-order valence-electron chi connectivity index (χ3n) is 7.22. The van der Waals surface area contributed by atoms with Crippen molar-refractivity contribution in [3.63, 3.8) is 0 Å². The molecule has 190 valence electrons. The lowest BCUT2D eigenvalue weighted by Crippen LogP contribution is -2.37. The second-order valence-corrected chi connectivity index (χ2v) is 10.2. The van der Waals surface area contributed by atoms with E-state index in [-0.39, 0.29) is 17.6 Å². The van der Waals surface area contributed by atoms with Gasteiger partial charge in [-0.05, 0) is 77.9 Å². The number of anilines is 1. The first-order valence-electron chi connectivity index (χ1n) is 12.3. The van der Waals surface area contributed by atoms with Gasteiger partial charge in [0.15, 0.2) is 17.3 Å². The van der Waals surface area contributed by atoms with Crippen LogP contribution in [-0.2, 0) is 9.59 Å². The fraction of sp³-hybridized carbons (Fsp3) is 0.267. The van der Waals surface area contributed by atoms with Crippen molar-refractivity contribution in [2.45, 2.75) is 38.5 Å². The number of nitrogens with one attached hydrogen (secondary N) is 2. The summed E-state index contributed by atoms with van der Waals surface area (Å²) in [6, 6.07) is 15.5. The average Bonchev–Trinajstić information content (AvgIpc) is 3.43. The number of amides is 1. The standard InChI is InChI=1S/C30H30N2O4S/c1-17-7-5-6-8-22(17)32-30(34)27-18(2)31-23-13-21(19-9-10-25(35-3)26(15-19)36-4)14-24(33)29(23)28(27)20-11-12-37-16-20/h5-12,15-16,21,28,31H,13-14H2,1-4H3,(H,32,34). The van der Waals surface area contributed by atoms with Gasteiger partial charge in [0.05, 0.1) is 14.2 Å². The van der Waals surface area contributed by atoms with Crippen molar-refractivity contribution >= 4 is 28.7 Å². The van der Waals surface area contributed by atoms with Gasteiger partial charge >= 0.3 is 0 Å². The Bertz CT molecular complexity index is 1420. The molecule has 37 heavy (non-hydrogen) atoms. The van der Waals surface area contributed by atoms with E-state index in [1.807, 2.05) is 73.1 Å². The number of ketones is 1.